The molecule has 2 aliphatic heterocycles. The van der Waals surface area contributed by atoms with Gasteiger partial charge in [0.25, 0.3) is 15.9 Å². The highest BCUT2D eigenvalue weighted by Gasteiger charge is 2.64. The minimum Gasteiger partial charge on any atom is -0.497 e. The number of benzene rings is 2. The van der Waals surface area contributed by atoms with Gasteiger partial charge in [-0.25, -0.2) is 17.7 Å². The van der Waals surface area contributed by atoms with Gasteiger partial charge in [0, 0.05) is 56.2 Å². The lowest BCUT2D eigenvalue weighted by Crippen LogP contribution is -2.59. The van der Waals surface area contributed by atoms with Gasteiger partial charge in [0.2, 0.25) is 11.8 Å². The topological polar surface area (TPSA) is 128 Å². The lowest BCUT2D eigenvalue weighted by atomic mass is 9.81. The van der Waals surface area contributed by atoms with E-state index in [1.807, 2.05) is 0 Å². The number of halogens is 1. The summed E-state index contributed by atoms with van der Waals surface area (Å²) in [4.78, 5) is 36.2. The van der Waals surface area contributed by atoms with Crippen LogP contribution >= 0.6 is 11.6 Å². The highest BCUT2D eigenvalue weighted by molar-refractivity contribution is 7.93. The van der Waals surface area contributed by atoms with Crippen LogP contribution in [0.4, 0.5) is 5.69 Å². The Kier molecular flexibility index (Phi) is 8.51. The highest BCUT2D eigenvalue weighted by Crippen LogP contribution is 2.55. The van der Waals surface area contributed by atoms with Gasteiger partial charge in [0.15, 0.2) is 5.54 Å². The van der Waals surface area contributed by atoms with E-state index in [0.717, 1.165) is 4.31 Å². The van der Waals surface area contributed by atoms with Gasteiger partial charge in [-0.15, -0.1) is 0 Å². The number of carbonyl (C=O) groups excluding carboxylic acids is 2. The van der Waals surface area contributed by atoms with Crippen LogP contribution in [0.15, 0.2) is 59.6 Å². The van der Waals surface area contributed by atoms with Gasteiger partial charge < -0.3 is 23.8 Å². The number of aromatic nitrogens is 1. The van der Waals surface area contributed by atoms with E-state index in [2.05, 4.69) is 4.98 Å². The number of carbonyl (C=O) groups is 2. The summed E-state index contributed by atoms with van der Waals surface area (Å²) in [6.07, 6.45) is 1.29. The Morgan fingerprint density at radius 3 is 2.41 bits per heavy atom. The summed E-state index contributed by atoms with van der Waals surface area (Å²) in [6, 6.07) is 11.1. The number of methoxy groups -OCH3 is 4. The number of nitrogens with zero attached hydrogens (tertiary/aromatic N) is 4. The largest absolute Gasteiger partial charge is 0.497 e. The lowest BCUT2D eigenvalue weighted by molar-refractivity contribution is -0.138. The van der Waals surface area contributed by atoms with Gasteiger partial charge in [0.1, 0.15) is 16.4 Å². The fourth-order valence-corrected chi connectivity index (χ4v) is 7.84. The van der Waals surface area contributed by atoms with E-state index in [-0.39, 0.29) is 57.2 Å². The molecule has 2 aromatic carbocycles. The summed E-state index contributed by atoms with van der Waals surface area (Å²) in [5, 5.41) is 0.253. The van der Waals surface area contributed by atoms with E-state index >= 15 is 4.79 Å². The molecule has 2 aliphatic rings. The molecule has 0 saturated carbocycles. The molecule has 44 heavy (non-hydrogen) atoms. The second-order valence-corrected chi connectivity index (χ2v) is 12.7. The Balaban J connectivity index is 1.86. The Hall–Kier alpha value is -3.91. The molecule has 1 aromatic heterocycles. The molecular weight excluding hydrogens is 612 g/mol. The fraction of sp³-hybridized carbons (Fsp3) is 0.367. The van der Waals surface area contributed by atoms with Crippen LogP contribution in [-0.4, -0.2) is 96.2 Å². The number of fused-ring (bicyclic) bond motifs is 1. The van der Waals surface area contributed by atoms with E-state index in [1.54, 1.807) is 37.2 Å². The van der Waals surface area contributed by atoms with Crippen LogP contribution in [0.3, 0.4) is 0 Å². The van der Waals surface area contributed by atoms with Crippen molar-refractivity contribution in [3.63, 3.8) is 0 Å². The van der Waals surface area contributed by atoms with Crippen molar-refractivity contribution in [2.24, 2.45) is 0 Å². The first kappa shape index (κ1) is 31.5. The average molecular weight is 645 g/mol. The summed E-state index contributed by atoms with van der Waals surface area (Å²) < 4.78 is 52.0. The first-order valence-electron chi connectivity index (χ1n) is 13.6. The van der Waals surface area contributed by atoms with Crippen LogP contribution in [-0.2, 0) is 29.9 Å². The summed E-state index contributed by atoms with van der Waals surface area (Å²) in [6.45, 7) is 0.107. The lowest BCUT2D eigenvalue weighted by Gasteiger charge is -2.41. The number of hydrogen-bond acceptors (Lipinski definition) is 10. The fourth-order valence-electron chi connectivity index (χ4n) is 6.06. The Morgan fingerprint density at radius 2 is 1.77 bits per heavy atom. The maximum Gasteiger partial charge on any atom is 0.274 e. The summed E-state index contributed by atoms with van der Waals surface area (Å²) in [5.74, 6) is -0.744. The Morgan fingerprint density at radius 1 is 1.02 bits per heavy atom. The molecule has 3 aromatic rings. The number of amides is 2. The van der Waals surface area contributed by atoms with Gasteiger partial charge in [-0.05, 0) is 48.9 Å². The van der Waals surface area contributed by atoms with Crippen molar-refractivity contribution in [2.75, 3.05) is 53.4 Å². The number of anilines is 1. The monoisotopic (exact) mass is 644 g/mol. The van der Waals surface area contributed by atoms with Gasteiger partial charge in [-0.3, -0.25) is 14.5 Å². The molecular formula is C30H33ClN4O8S. The normalized spacial score (nSPS) is 21.7. The third-order valence-electron chi connectivity index (χ3n) is 8.06. The molecule has 1 saturated heterocycles. The molecule has 1 fully saturated rings. The quantitative estimate of drug-likeness (QED) is 0.343. The second kappa shape index (κ2) is 11.9. The van der Waals surface area contributed by atoms with Crippen LogP contribution in [0, 0.1) is 0 Å². The SMILES string of the molecule is COc1ccc(S(=O)(=O)N2C(=O)C(c3cccnc3OC)(N3C[C@@H](OC)C[C@H]3C(=O)N(C)C)c3cc(Cl)ccc32)c(OC)c1. The molecule has 5 rings (SSSR count). The van der Waals surface area contributed by atoms with Crippen molar-refractivity contribution >= 4 is 39.1 Å². The van der Waals surface area contributed by atoms with Gasteiger partial charge >= 0.3 is 0 Å². The van der Waals surface area contributed by atoms with Crippen LogP contribution < -0.4 is 18.5 Å². The molecule has 0 aliphatic carbocycles. The second-order valence-electron chi connectivity index (χ2n) is 10.5. The molecule has 3 heterocycles. The highest BCUT2D eigenvalue weighted by atomic mass is 35.5. The van der Waals surface area contributed by atoms with Crippen LogP contribution in [0.2, 0.25) is 5.02 Å². The number of likely N-dealkylation sites (tertiary alicyclic amines) is 1. The minimum atomic E-state index is -4.64. The van der Waals surface area contributed by atoms with E-state index in [9.17, 15) is 13.2 Å². The number of ether oxygens (including phenoxy) is 4. The molecule has 3 atom stereocenters. The molecule has 14 heteroatoms. The first-order chi connectivity index (χ1) is 21.0. The van der Waals surface area contributed by atoms with Crippen molar-refractivity contribution < 1.29 is 37.0 Å². The smallest absolute Gasteiger partial charge is 0.274 e. The zero-order valence-corrected chi connectivity index (χ0v) is 26.7. The number of pyridine rings is 1. The summed E-state index contributed by atoms with van der Waals surface area (Å²) >= 11 is 6.55. The van der Waals surface area contributed by atoms with Crippen molar-refractivity contribution in [3.05, 3.63) is 70.9 Å². The minimum absolute atomic E-state index is 0.0228. The van der Waals surface area contributed by atoms with Gasteiger partial charge in [-0.1, -0.05) is 11.6 Å². The van der Waals surface area contributed by atoms with Crippen LogP contribution in [0.25, 0.3) is 0 Å². The zero-order chi connectivity index (χ0) is 32.0. The summed E-state index contributed by atoms with van der Waals surface area (Å²) in [7, 11) is 4.29. The van der Waals surface area contributed by atoms with Gasteiger partial charge in [0.05, 0.1) is 39.2 Å². The van der Waals surface area contributed by atoms with Crippen LogP contribution in [0.5, 0.6) is 17.4 Å². The van der Waals surface area contributed by atoms with E-state index < -0.39 is 33.6 Å². The Bertz CT molecular complexity index is 1720. The maximum absolute atomic E-state index is 15.3. The van der Waals surface area contributed by atoms with E-state index in [1.165, 1.54) is 69.9 Å². The van der Waals surface area contributed by atoms with Crippen molar-refractivity contribution in [1.29, 1.82) is 0 Å². The first-order valence-corrected chi connectivity index (χ1v) is 15.4. The molecule has 0 N–H and O–H groups in total. The molecule has 2 amide bonds. The Labute approximate surface area is 261 Å². The molecule has 12 nitrogen and oxygen atoms in total. The third kappa shape index (κ3) is 4.74. The predicted molar refractivity (Wildman–Crippen MR) is 162 cm³/mol. The maximum atomic E-state index is 15.3. The number of rotatable bonds is 9. The standard InChI is InChI=1S/C30H33ClN4O8S/c1-33(2)28(36)24-15-20(41-4)17-34(24)30(21-8-7-13-32-27(21)43-6)22-14-18(31)9-11-23(22)35(29(30)37)44(38,39)26-12-10-19(40-3)16-25(26)42-5/h7-14,16,20,24H,15,17H2,1-6H3/t20-,24-,30?/m0/s1. The predicted octanol–water partition coefficient (Wildman–Crippen LogP) is 2.92. The van der Waals surface area contributed by atoms with Crippen molar-refractivity contribution in [2.45, 2.75) is 29.0 Å². The molecule has 234 valence electrons. The van der Waals surface area contributed by atoms with Crippen LogP contribution in [0.1, 0.15) is 17.5 Å². The number of hydrogen-bond donors (Lipinski definition) is 0. The number of likely N-dealkylation sites (N-methyl/N-ethyl adjacent to an activating group) is 1. The van der Waals surface area contributed by atoms with Gasteiger partial charge in [-0.2, -0.15) is 0 Å². The molecule has 1 unspecified atom stereocenters. The molecule has 0 bridgehead atoms. The van der Waals surface area contributed by atoms with Crippen molar-refractivity contribution in [1.82, 2.24) is 14.8 Å². The van der Waals surface area contributed by atoms with Crippen molar-refractivity contribution in [3.8, 4) is 17.4 Å². The van der Waals surface area contributed by atoms with E-state index in [4.69, 9.17) is 30.5 Å². The average Bonchev–Trinajstić information content (AvgIpc) is 3.57. The summed E-state index contributed by atoms with van der Waals surface area (Å²) in [5.41, 5.74) is -1.38. The third-order valence-corrected chi connectivity index (χ3v) is 10.0. The zero-order valence-electron chi connectivity index (χ0n) is 25.1. The molecule has 0 radical (unpaired) electrons. The number of sulfonamides is 1. The molecule has 0 spiro atoms. The van der Waals surface area contributed by atoms with E-state index in [0.29, 0.717) is 5.75 Å².